The molecule has 0 saturated carbocycles. The lowest BCUT2D eigenvalue weighted by atomic mass is 9.90. The van der Waals surface area contributed by atoms with Crippen molar-refractivity contribution < 1.29 is 9.53 Å². The third-order valence-electron chi connectivity index (χ3n) is 2.88. The molecular weight excluding hydrogens is 200 g/mol. The summed E-state index contributed by atoms with van der Waals surface area (Å²) in [6.07, 6.45) is 4.35. The summed E-state index contributed by atoms with van der Waals surface area (Å²) in [5.41, 5.74) is 1.98. The van der Waals surface area contributed by atoms with Gasteiger partial charge in [-0.3, -0.25) is 4.79 Å². The van der Waals surface area contributed by atoms with E-state index in [1.54, 1.807) is 6.08 Å². The number of rotatable bonds is 3. The summed E-state index contributed by atoms with van der Waals surface area (Å²) in [4.78, 5) is 11.6. The van der Waals surface area contributed by atoms with E-state index in [1.807, 2.05) is 25.1 Å². The van der Waals surface area contributed by atoms with Crippen LogP contribution in [0.5, 0.6) is 5.75 Å². The van der Waals surface area contributed by atoms with Crippen molar-refractivity contribution in [2.75, 3.05) is 0 Å². The predicted molar refractivity (Wildman–Crippen MR) is 64.0 cm³/mol. The maximum Gasteiger partial charge on any atom is 0.163 e. The van der Waals surface area contributed by atoms with E-state index in [9.17, 15) is 4.79 Å². The summed E-state index contributed by atoms with van der Waals surface area (Å²) in [5.74, 6) is 1.07. The number of ether oxygens (including phenoxy) is 1. The molecule has 0 spiro atoms. The van der Waals surface area contributed by atoms with Crippen molar-refractivity contribution >= 4 is 5.78 Å². The first-order valence-electron chi connectivity index (χ1n) is 5.66. The molecule has 0 heterocycles. The Balaban J connectivity index is 2.25. The van der Waals surface area contributed by atoms with Gasteiger partial charge in [0.2, 0.25) is 0 Å². The van der Waals surface area contributed by atoms with E-state index in [-0.39, 0.29) is 11.9 Å². The van der Waals surface area contributed by atoms with Crippen LogP contribution < -0.4 is 4.74 Å². The van der Waals surface area contributed by atoms with Crippen LogP contribution in [0.3, 0.4) is 0 Å². The average molecular weight is 216 g/mol. The SMILES string of the molecule is C=CC(C)Oc1ccc2c(c1)CCCC2=O. The van der Waals surface area contributed by atoms with Crippen molar-refractivity contribution in [2.24, 2.45) is 0 Å². The standard InChI is InChI=1S/C14H16O2/c1-3-10(2)16-12-7-8-13-11(9-12)5-4-6-14(13)15/h3,7-10H,1,4-6H2,2H3. The highest BCUT2D eigenvalue weighted by Gasteiger charge is 2.17. The highest BCUT2D eigenvalue weighted by molar-refractivity contribution is 5.98. The largest absolute Gasteiger partial charge is 0.487 e. The van der Waals surface area contributed by atoms with Crippen LogP contribution in [0.2, 0.25) is 0 Å². The Labute approximate surface area is 95.9 Å². The molecule has 0 radical (unpaired) electrons. The predicted octanol–water partition coefficient (Wildman–Crippen LogP) is 3.16. The summed E-state index contributed by atoms with van der Waals surface area (Å²) in [6.45, 7) is 5.62. The van der Waals surface area contributed by atoms with Crippen molar-refractivity contribution in [2.45, 2.75) is 32.3 Å². The summed E-state index contributed by atoms with van der Waals surface area (Å²) >= 11 is 0. The molecule has 2 nitrogen and oxygen atoms in total. The number of hydrogen-bond acceptors (Lipinski definition) is 2. The molecule has 2 heteroatoms. The zero-order valence-electron chi connectivity index (χ0n) is 9.53. The fraction of sp³-hybridized carbons (Fsp3) is 0.357. The van der Waals surface area contributed by atoms with Crippen LogP contribution in [-0.2, 0) is 6.42 Å². The van der Waals surface area contributed by atoms with E-state index in [0.29, 0.717) is 6.42 Å². The number of benzene rings is 1. The minimum Gasteiger partial charge on any atom is -0.487 e. The van der Waals surface area contributed by atoms with Crippen LogP contribution >= 0.6 is 0 Å². The average Bonchev–Trinajstić information content (AvgIpc) is 2.29. The zero-order chi connectivity index (χ0) is 11.5. The lowest BCUT2D eigenvalue weighted by Gasteiger charge is -2.17. The Morgan fingerprint density at radius 2 is 2.25 bits per heavy atom. The van der Waals surface area contributed by atoms with E-state index >= 15 is 0 Å². The minimum absolute atomic E-state index is 0.00246. The van der Waals surface area contributed by atoms with Crippen LogP contribution in [0.4, 0.5) is 0 Å². The van der Waals surface area contributed by atoms with Gasteiger partial charge in [0.25, 0.3) is 0 Å². The molecular formula is C14H16O2. The second-order valence-corrected chi connectivity index (χ2v) is 4.15. The normalized spacial score (nSPS) is 16.4. The number of ketones is 1. The highest BCUT2D eigenvalue weighted by atomic mass is 16.5. The number of carbonyl (C=O) groups excluding carboxylic acids is 1. The summed E-state index contributed by atoms with van der Waals surface area (Å²) in [7, 11) is 0. The zero-order valence-corrected chi connectivity index (χ0v) is 9.53. The molecule has 1 aromatic carbocycles. The molecule has 1 aromatic rings. The van der Waals surface area contributed by atoms with Crippen LogP contribution in [-0.4, -0.2) is 11.9 Å². The second-order valence-electron chi connectivity index (χ2n) is 4.15. The lowest BCUT2D eigenvalue weighted by molar-refractivity contribution is 0.0972. The Bertz CT molecular complexity index is 421. The Morgan fingerprint density at radius 3 is 3.00 bits per heavy atom. The first-order valence-corrected chi connectivity index (χ1v) is 5.66. The minimum atomic E-state index is -0.00246. The molecule has 1 unspecified atom stereocenters. The van der Waals surface area contributed by atoms with Crippen molar-refractivity contribution in [1.29, 1.82) is 0 Å². The van der Waals surface area contributed by atoms with E-state index in [4.69, 9.17) is 4.74 Å². The van der Waals surface area contributed by atoms with Gasteiger partial charge in [-0.05, 0) is 43.5 Å². The maximum atomic E-state index is 11.6. The molecule has 0 amide bonds. The van der Waals surface area contributed by atoms with E-state index in [1.165, 1.54) is 0 Å². The number of carbonyl (C=O) groups is 1. The smallest absolute Gasteiger partial charge is 0.163 e. The number of fused-ring (bicyclic) bond motifs is 1. The Kier molecular flexibility index (Phi) is 3.09. The van der Waals surface area contributed by atoms with Gasteiger partial charge in [0.15, 0.2) is 5.78 Å². The van der Waals surface area contributed by atoms with Crippen molar-refractivity contribution in [3.8, 4) is 5.75 Å². The third-order valence-corrected chi connectivity index (χ3v) is 2.88. The van der Waals surface area contributed by atoms with E-state index < -0.39 is 0 Å². The molecule has 2 rings (SSSR count). The number of aryl methyl sites for hydroxylation is 1. The summed E-state index contributed by atoms with van der Waals surface area (Å²) in [5, 5.41) is 0. The van der Waals surface area contributed by atoms with Crippen molar-refractivity contribution in [3.05, 3.63) is 42.0 Å². The van der Waals surface area contributed by atoms with Gasteiger partial charge in [-0.25, -0.2) is 0 Å². The molecule has 1 atom stereocenters. The number of hydrogen-bond donors (Lipinski definition) is 0. The fourth-order valence-electron chi connectivity index (χ4n) is 1.96. The highest BCUT2D eigenvalue weighted by Crippen LogP contribution is 2.25. The third kappa shape index (κ3) is 2.16. The van der Waals surface area contributed by atoms with Gasteiger partial charge in [-0.2, -0.15) is 0 Å². The Hall–Kier alpha value is -1.57. The molecule has 1 aliphatic carbocycles. The summed E-state index contributed by atoms with van der Waals surface area (Å²) < 4.78 is 5.64. The van der Waals surface area contributed by atoms with E-state index in [2.05, 4.69) is 6.58 Å². The second kappa shape index (κ2) is 4.52. The van der Waals surface area contributed by atoms with Gasteiger partial charge in [0.1, 0.15) is 11.9 Å². The molecule has 0 saturated heterocycles. The van der Waals surface area contributed by atoms with Gasteiger partial charge in [-0.15, -0.1) is 0 Å². The van der Waals surface area contributed by atoms with Crippen LogP contribution in [0.25, 0.3) is 0 Å². The van der Waals surface area contributed by atoms with Gasteiger partial charge in [0.05, 0.1) is 0 Å². The van der Waals surface area contributed by atoms with Gasteiger partial charge in [0, 0.05) is 12.0 Å². The van der Waals surface area contributed by atoms with Crippen molar-refractivity contribution in [1.82, 2.24) is 0 Å². The molecule has 16 heavy (non-hydrogen) atoms. The molecule has 0 bridgehead atoms. The molecule has 0 fully saturated rings. The first kappa shape index (κ1) is 10.9. The van der Waals surface area contributed by atoms with Crippen LogP contribution in [0.15, 0.2) is 30.9 Å². The van der Waals surface area contributed by atoms with E-state index in [0.717, 1.165) is 29.7 Å². The topological polar surface area (TPSA) is 26.3 Å². The first-order chi connectivity index (χ1) is 7.70. The lowest BCUT2D eigenvalue weighted by Crippen LogP contribution is -2.12. The van der Waals surface area contributed by atoms with Gasteiger partial charge >= 0.3 is 0 Å². The molecule has 1 aliphatic rings. The molecule has 0 aromatic heterocycles. The summed E-state index contributed by atoms with van der Waals surface area (Å²) in [6, 6.07) is 5.72. The van der Waals surface area contributed by atoms with Crippen molar-refractivity contribution in [3.63, 3.8) is 0 Å². The number of Topliss-reactive ketones (excluding diaryl/α,β-unsaturated/α-hetero) is 1. The Morgan fingerprint density at radius 1 is 1.44 bits per heavy atom. The van der Waals surface area contributed by atoms with Crippen LogP contribution in [0.1, 0.15) is 35.7 Å². The molecule has 0 N–H and O–H groups in total. The molecule has 0 aliphatic heterocycles. The quantitative estimate of drug-likeness (QED) is 0.725. The monoisotopic (exact) mass is 216 g/mol. The fourth-order valence-corrected chi connectivity index (χ4v) is 1.96. The maximum absolute atomic E-state index is 11.6. The molecule has 84 valence electrons. The van der Waals surface area contributed by atoms with Gasteiger partial charge < -0.3 is 4.74 Å². The van der Waals surface area contributed by atoms with Crippen LogP contribution in [0, 0.1) is 0 Å². The van der Waals surface area contributed by atoms with Gasteiger partial charge in [-0.1, -0.05) is 12.7 Å².